The van der Waals surface area contributed by atoms with Gasteiger partial charge in [-0.2, -0.15) is 21.6 Å². The number of esters is 3. The Bertz CT molecular complexity index is 2160. The van der Waals surface area contributed by atoms with Crippen molar-refractivity contribution >= 4 is 86.5 Å². The van der Waals surface area contributed by atoms with Crippen molar-refractivity contribution in [1.82, 2.24) is 0 Å². The SMILES string of the molecule is C=Cc1ccc(C(=O)OC)cc1Cl.CO.COC(=O)c1ccc(O)c(Cl)c1.COC(=O)c1ccc(OS(=O)(=O)C(F)(F)F)c(Cl)c1.O=C(O)c1ccc(O)c(Cl)c1.[H+]. The third-order valence-electron chi connectivity index (χ3n) is 6.04. The zero-order chi connectivity index (χ0) is 44.3. The van der Waals surface area contributed by atoms with Crippen LogP contribution >= 0.6 is 46.4 Å². The van der Waals surface area contributed by atoms with E-state index in [1.807, 2.05) is 0 Å². The Labute approximate surface area is 344 Å². The van der Waals surface area contributed by atoms with E-state index in [4.69, 9.17) is 66.8 Å². The lowest BCUT2D eigenvalue weighted by atomic mass is 10.1. The summed E-state index contributed by atoms with van der Waals surface area (Å²) in [5.41, 5.74) is -4.01. The van der Waals surface area contributed by atoms with E-state index in [1.165, 1.54) is 50.6 Å². The maximum atomic E-state index is 12.1. The molecule has 22 heteroatoms. The summed E-state index contributed by atoms with van der Waals surface area (Å²) < 4.78 is 74.9. The average molecular weight is 908 g/mol. The molecule has 4 N–H and O–H groups in total. The van der Waals surface area contributed by atoms with E-state index in [0.717, 1.165) is 38.0 Å². The molecule has 0 aromatic heterocycles. The van der Waals surface area contributed by atoms with Gasteiger partial charge in [0.05, 0.1) is 58.7 Å². The number of halogens is 7. The molecule has 0 spiro atoms. The second-order valence-corrected chi connectivity index (χ2v) is 12.8. The minimum Gasteiger partial charge on any atom is -0.506 e. The first kappa shape index (κ1) is 51.8. The fourth-order valence-electron chi connectivity index (χ4n) is 3.31. The summed E-state index contributed by atoms with van der Waals surface area (Å²) in [5.74, 6) is -3.62. The Balaban J connectivity index is 0. The number of phenolic OH excluding ortho intramolecular Hbond substituents is 2. The van der Waals surface area contributed by atoms with Gasteiger partial charge in [0.1, 0.15) is 11.5 Å². The molecule has 57 heavy (non-hydrogen) atoms. The van der Waals surface area contributed by atoms with Gasteiger partial charge in [-0.05, 0) is 72.3 Å². The standard InChI is InChI=1S/C10H9ClO2.C9H6ClF3O5S.C8H7ClO3.C7H5ClO3.CH4O/c1-3-7-4-5-8(6-9(7)11)10(12)13-2;1-17-8(14)5-2-3-7(6(10)4-5)18-19(15,16)9(11,12)13;1-12-8(11)5-2-3-7(10)6(9)4-5;8-5-3-4(7(10)11)1-2-6(5)9;1-2/h3-6H,1H2,2H3;2-4H,1H3;2-4,10H,1H3;1-3,9H,(H,10,11);2H,1H3/p+1. The lowest BCUT2D eigenvalue weighted by Gasteiger charge is -2.10. The molecular formula is C35H32Cl4F3O14S+. The van der Waals surface area contributed by atoms with Gasteiger partial charge in [0.2, 0.25) is 0 Å². The molecule has 0 radical (unpaired) electrons. The summed E-state index contributed by atoms with van der Waals surface area (Å²) in [6.07, 6.45) is 1.63. The monoisotopic (exact) mass is 905 g/mol. The Morgan fingerprint density at radius 2 is 1.00 bits per heavy atom. The number of carboxylic acids is 1. The number of rotatable bonds is 7. The maximum Gasteiger partial charge on any atom is 1.00 e. The molecule has 4 aromatic rings. The number of aromatic carboxylic acids is 1. The molecule has 0 saturated carbocycles. The Morgan fingerprint density at radius 1 is 0.649 bits per heavy atom. The number of ether oxygens (including phenoxy) is 3. The normalized spacial score (nSPS) is 10.1. The number of aliphatic hydroxyl groups is 1. The second kappa shape index (κ2) is 24.4. The number of carbonyl (C=O) groups is 4. The molecule has 0 unspecified atom stereocenters. The predicted octanol–water partition coefficient (Wildman–Crippen LogP) is 8.42. The largest absolute Gasteiger partial charge is 1.00 e. The van der Waals surface area contributed by atoms with Crippen molar-refractivity contribution in [2.45, 2.75) is 5.51 Å². The summed E-state index contributed by atoms with van der Waals surface area (Å²) in [6.45, 7) is 3.59. The van der Waals surface area contributed by atoms with Gasteiger partial charge in [-0.3, -0.25) is 0 Å². The number of methoxy groups -OCH3 is 3. The van der Waals surface area contributed by atoms with E-state index in [1.54, 1.807) is 24.3 Å². The first-order valence-corrected chi connectivity index (χ1v) is 17.6. The lowest BCUT2D eigenvalue weighted by Crippen LogP contribution is -2.28. The van der Waals surface area contributed by atoms with Crippen molar-refractivity contribution in [3.05, 3.63) is 127 Å². The summed E-state index contributed by atoms with van der Waals surface area (Å²) in [6, 6.07) is 15.5. The smallest absolute Gasteiger partial charge is 0.506 e. The van der Waals surface area contributed by atoms with Gasteiger partial charge in [0, 0.05) is 12.1 Å². The third-order valence-corrected chi connectivity index (χ3v) is 8.23. The number of alkyl halides is 3. The molecule has 0 fully saturated rings. The zero-order valence-electron chi connectivity index (χ0n) is 30.6. The van der Waals surface area contributed by atoms with Crippen molar-refractivity contribution in [2.75, 3.05) is 28.4 Å². The summed E-state index contributed by atoms with van der Waals surface area (Å²) in [4.78, 5) is 43.4. The summed E-state index contributed by atoms with van der Waals surface area (Å²) in [5, 5.41) is 33.6. The van der Waals surface area contributed by atoms with E-state index < -0.39 is 50.3 Å². The van der Waals surface area contributed by atoms with Crippen LogP contribution in [0.4, 0.5) is 13.2 Å². The van der Waals surface area contributed by atoms with Crippen molar-refractivity contribution < 1.29 is 81.0 Å². The summed E-state index contributed by atoms with van der Waals surface area (Å²) in [7, 11) is -1.11. The second-order valence-electron chi connectivity index (χ2n) is 9.68. The van der Waals surface area contributed by atoms with Crippen molar-refractivity contribution in [3.8, 4) is 17.2 Å². The van der Waals surface area contributed by atoms with Crippen molar-refractivity contribution in [2.24, 2.45) is 0 Å². The van der Waals surface area contributed by atoms with Crippen LogP contribution < -0.4 is 4.18 Å². The molecule has 0 aliphatic rings. The van der Waals surface area contributed by atoms with Gasteiger partial charge in [0.15, 0.2) is 5.75 Å². The molecule has 0 bridgehead atoms. The Kier molecular flexibility index (Phi) is 22.2. The van der Waals surface area contributed by atoms with Crippen molar-refractivity contribution in [1.29, 1.82) is 0 Å². The number of aromatic hydroxyl groups is 2. The van der Waals surface area contributed by atoms with Gasteiger partial charge in [-0.25, -0.2) is 19.2 Å². The molecular weight excluding hydrogens is 875 g/mol. The molecule has 0 aliphatic heterocycles. The van der Waals surface area contributed by atoms with Crippen LogP contribution in [0.2, 0.25) is 20.1 Å². The van der Waals surface area contributed by atoms with Gasteiger partial charge in [-0.15, -0.1) is 0 Å². The van der Waals surface area contributed by atoms with E-state index >= 15 is 0 Å². The predicted molar refractivity (Wildman–Crippen MR) is 205 cm³/mol. The van der Waals surface area contributed by atoms with Gasteiger partial charge in [0.25, 0.3) is 0 Å². The van der Waals surface area contributed by atoms with Crippen LogP contribution in [-0.2, 0) is 24.3 Å². The minimum atomic E-state index is -5.81. The van der Waals surface area contributed by atoms with Gasteiger partial charge >= 0.3 is 40.9 Å². The third kappa shape index (κ3) is 16.8. The molecule has 4 aromatic carbocycles. The van der Waals surface area contributed by atoms with Crippen molar-refractivity contribution in [3.63, 3.8) is 0 Å². The van der Waals surface area contributed by atoms with Crippen LogP contribution in [0.3, 0.4) is 0 Å². The molecule has 0 aliphatic carbocycles. The average Bonchev–Trinajstić information content (AvgIpc) is 3.17. The van der Waals surface area contributed by atoms with E-state index in [-0.39, 0.29) is 34.1 Å². The van der Waals surface area contributed by atoms with Crippen LogP contribution in [0.25, 0.3) is 6.08 Å². The molecule has 310 valence electrons. The molecule has 14 nitrogen and oxygen atoms in total. The molecule has 0 atom stereocenters. The lowest BCUT2D eigenvalue weighted by molar-refractivity contribution is -0.0500. The van der Waals surface area contributed by atoms with Crippen LogP contribution in [0.5, 0.6) is 17.2 Å². The molecule has 0 heterocycles. The number of benzene rings is 4. The number of carboxylic acid groups (broad SMARTS) is 1. The molecule has 0 amide bonds. The molecule has 0 saturated heterocycles. The quantitative estimate of drug-likeness (QED) is 0.0592. The first-order chi connectivity index (χ1) is 26.5. The number of phenols is 2. The highest BCUT2D eigenvalue weighted by molar-refractivity contribution is 7.88. The maximum absolute atomic E-state index is 12.1. The van der Waals surface area contributed by atoms with Gasteiger partial charge in [-0.1, -0.05) is 65.1 Å². The fraction of sp³-hybridized carbons (Fsp3) is 0.143. The van der Waals surface area contributed by atoms with Crippen LogP contribution in [0.1, 0.15) is 48.4 Å². The zero-order valence-corrected chi connectivity index (χ0v) is 33.5. The highest BCUT2D eigenvalue weighted by atomic mass is 35.5. The number of carbonyl (C=O) groups excluding carboxylic acids is 3. The highest BCUT2D eigenvalue weighted by Gasteiger charge is 2.48. The summed E-state index contributed by atoms with van der Waals surface area (Å²) >= 11 is 22.4. The minimum absolute atomic E-state index is 0. The number of hydrogen-bond acceptors (Lipinski definition) is 13. The Morgan fingerprint density at radius 3 is 1.33 bits per heavy atom. The van der Waals surface area contributed by atoms with Crippen LogP contribution in [-0.4, -0.2) is 86.7 Å². The van der Waals surface area contributed by atoms with Gasteiger partial charge < -0.3 is 38.8 Å². The van der Waals surface area contributed by atoms with Crippen LogP contribution in [0, 0.1) is 0 Å². The Hall–Kier alpha value is -5.24. The van der Waals surface area contributed by atoms with E-state index in [0.29, 0.717) is 16.1 Å². The highest BCUT2D eigenvalue weighted by Crippen LogP contribution is 2.32. The fourth-order valence-corrected chi connectivity index (χ4v) is 4.67. The van der Waals surface area contributed by atoms with Crippen LogP contribution in [0.15, 0.2) is 79.4 Å². The first-order valence-electron chi connectivity index (χ1n) is 14.7. The van der Waals surface area contributed by atoms with E-state index in [9.17, 15) is 40.8 Å². The van der Waals surface area contributed by atoms with E-state index in [2.05, 4.69) is 25.0 Å². The topological polar surface area (TPSA) is 220 Å². The number of hydrogen-bond donors (Lipinski definition) is 4. The number of aliphatic hydroxyl groups excluding tert-OH is 1. The molecule has 4 rings (SSSR count).